The average Bonchev–Trinajstić information content (AvgIpc) is 3.42. The first kappa shape index (κ1) is 18.9. The number of aromatic nitrogens is 3. The Bertz CT molecular complexity index is 1110. The second kappa shape index (κ2) is 7.27. The number of nitrogens with zero attached hydrogens (tertiary/aromatic N) is 5. The molecule has 0 aromatic carbocycles. The Morgan fingerprint density at radius 1 is 0.742 bits per heavy atom. The fourth-order valence-corrected chi connectivity index (χ4v) is 5.05. The summed E-state index contributed by atoms with van der Waals surface area (Å²) in [5, 5.41) is 17.1. The molecule has 13 heteroatoms. The fourth-order valence-electron chi connectivity index (χ4n) is 2.81. The minimum absolute atomic E-state index is 0.240. The van der Waals surface area contributed by atoms with Crippen LogP contribution in [0.3, 0.4) is 0 Å². The molecule has 4 N–H and O–H groups in total. The predicted molar refractivity (Wildman–Crippen MR) is 112 cm³/mol. The summed E-state index contributed by atoms with van der Waals surface area (Å²) in [4.78, 5) is 24.5. The Balaban J connectivity index is 1.43. The van der Waals surface area contributed by atoms with E-state index in [1.54, 1.807) is 61.2 Å². The number of pyridine rings is 3. The maximum absolute atomic E-state index is 12.6. The molecule has 0 saturated heterocycles. The van der Waals surface area contributed by atoms with E-state index >= 15 is 0 Å². The molecule has 12 nitrogen and oxygen atoms in total. The summed E-state index contributed by atoms with van der Waals surface area (Å²) in [6.45, 7) is 0. The van der Waals surface area contributed by atoms with Gasteiger partial charge in [-0.1, -0.05) is 0 Å². The van der Waals surface area contributed by atoms with Crippen molar-refractivity contribution in [1.29, 1.82) is 0 Å². The van der Waals surface area contributed by atoms with Gasteiger partial charge in [0.25, 0.3) is 0 Å². The van der Waals surface area contributed by atoms with E-state index in [9.17, 15) is 4.79 Å². The average molecular weight is 437 g/mol. The van der Waals surface area contributed by atoms with Crippen molar-refractivity contribution in [2.75, 3.05) is 0 Å². The van der Waals surface area contributed by atoms with Gasteiger partial charge in [0.15, 0.2) is 0 Å². The first-order valence-corrected chi connectivity index (χ1v) is 11.1. The molecule has 3 aromatic heterocycles. The van der Waals surface area contributed by atoms with E-state index in [4.69, 9.17) is 9.05 Å². The number of hydrogen-bond donors (Lipinski definition) is 4. The molecule has 0 unspecified atom stereocenters. The summed E-state index contributed by atoms with van der Waals surface area (Å²) in [5.41, 5.74) is 4.32. The Kier molecular flexibility index (Phi) is 4.42. The predicted octanol–water partition coefficient (Wildman–Crippen LogP) is 1.20. The van der Waals surface area contributed by atoms with Gasteiger partial charge in [-0.25, -0.2) is 0 Å². The second-order valence-corrected chi connectivity index (χ2v) is 9.35. The van der Waals surface area contributed by atoms with Crippen LogP contribution in [0.4, 0.5) is 0 Å². The van der Waals surface area contributed by atoms with E-state index < -0.39 is 13.4 Å². The molecule has 0 fully saturated rings. The SMILES string of the molecule is O=C(NNP12(NN=C(c3ccncc3)O1)NN=C(c1ccncc1)O2)c1ccncc1. The van der Waals surface area contributed by atoms with Crippen molar-refractivity contribution in [2.24, 2.45) is 10.2 Å². The van der Waals surface area contributed by atoms with Gasteiger partial charge in [-0.3, -0.25) is 0 Å². The van der Waals surface area contributed by atoms with Crippen molar-refractivity contribution >= 4 is 25.2 Å². The Labute approximate surface area is 176 Å². The molecule has 5 heterocycles. The number of nitrogens with one attached hydrogen (secondary N) is 4. The van der Waals surface area contributed by atoms with Crippen LogP contribution in [0.2, 0.25) is 0 Å². The molecule has 2 aliphatic rings. The third-order valence-electron chi connectivity index (χ3n) is 4.36. The number of carbonyl (C=O) groups excluding carboxylic acids is 1. The number of carbonyl (C=O) groups is 1. The molecule has 31 heavy (non-hydrogen) atoms. The van der Waals surface area contributed by atoms with Gasteiger partial charge in [0, 0.05) is 0 Å². The van der Waals surface area contributed by atoms with Crippen molar-refractivity contribution in [3.05, 3.63) is 90.3 Å². The maximum atomic E-state index is 12.6. The van der Waals surface area contributed by atoms with E-state index in [0.717, 1.165) is 0 Å². The zero-order valence-corrected chi connectivity index (χ0v) is 16.7. The summed E-state index contributed by atoms with van der Waals surface area (Å²) in [5.74, 6) is 0.0562. The van der Waals surface area contributed by atoms with Crippen LogP contribution >= 0.6 is 7.51 Å². The molecule has 1 spiro atoms. The topological polar surface area (TPSA) is 147 Å². The van der Waals surface area contributed by atoms with Crippen LogP contribution in [0, 0.1) is 0 Å². The summed E-state index contributed by atoms with van der Waals surface area (Å²) in [6, 6.07) is 10.1. The van der Waals surface area contributed by atoms with Gasteiger partial charge in [-0.15, -0.1) is 0 Å². The number of amides is 1. The molecule has 1 amide bonds. The van der Waals surface area contributed by atoms with Gasteiger partial charge in [0.05, 0.1) is 0 Å². The quantitative estimate of drug-likeness (QED) is 0.341. The van der Waals surface area contributed by atoms with E-state index in [-0.39, 0.29) is 11.8 Å². The van der Waals surface area contributed by atoms with Crippen LogP contribution in [0.15, 0.2) is 83.8 Å². The Morgan fingerprint density at radius 2 is 1.19 bits per heavy atom. The molecular formula is C18H16N9O3P. The number of hydrazine groups is 1. The molecule has 0 radical (unpaired) electrons. The van der Waals surface area contributed by atoms with Gasteiger partial charge in [-0.05, 0) is 0 Å². The summed E-state index contributed by atoms with van der Waals surface area (Å²) >= 11 is 0. The first-order valence-electron chi connectivity index (χ1n) is 9.07. The van der Waals surface area contributed by atoms with Crippen molar-refractivity contribution in [1.82, 2.24) is 36.0 Å². The van der Waals surface area contributed by atoms with Crippen molar-refractivity contribution in [2.45, 2.75) is 0 Å². The molecule has 5 rings (SSSR count). The van der Waals surface area contributed by atoms with Gasteiger partial charge < -0.3 is 0 Å². The Morgan fingerprint density at radius 3 is 1.68 bits per heavy atom. The van der Waals surface area contributed by atoms with E-state index in [1.165, 1.54) is 12.4 Å². The molecular weight excluding hydrogens is 421 g/mol. The van der Waals surface area contributed by atoms with Gasteiger partial charge in [0.2, 0.25) is 0 Å². The Hall–Kier alpha value is -4.15. The molecule has 2 aliphatic heterocycles. The molecule has 3 aromatic rings. The summed E-state index contributed by atoms with van der Waals surface area (Å²) in [6.07, 6.45) is 9.48. The van der Waals surface area contributed by atoms with Crippen molar-refractivity contribution in [3.63, 3.8) is 0 Å². The fraction of sp³-hybridized carbons (Fsp3) is 0. The van der Waals surface area contributed by atoms with E-state index in [2.05, 4.69) is 46.2 Å². The minimum atomic E-state index is -4.25. The first-order chi connectivity index (χ1) is 15.1. The molecule has 0 bridgehead atoms. The number of rotatable bonds is 5. The third kappa shape index (κ3) is 3.50. The molecule has 0 aliphatic carbocycles. The monoisotopic (exact) mass is 437 g/mol. The van der Waals surface area contributed by atoms with Crippen LogP contribution in [-0.2, 0) is 9.05 Å². The van der Waals surface area contributed by atoms with Crippen LogP contribution in [-0.4, -0.2) is 32.7 Å². The summed E-state index contributed by atoms with van der Waals surface area (Å²) < 4.78 is 12.3. The normalized spacial score (nSPS) is 18.8. The van der Waals surface area contributed by atoms with Crippen molar-refractivity contribution in [3.8, 4) is 0 Å². The molecule has 0 saturated carbocycles. The van der Waals surface area contributed by atoms with E-state index in [1.807, 2.05) is 0 Å². The zero-order chi connectivity index (χ0) is 21.2. The van der Waals surface area contributed by atoms with E-state index in [0.29, 0.717) is 16.7 Å². The van der Waals surface area contributed by atoms with Gasteiger partial charge in [0.1, 0.15) is 0 Å². The van der Waals surface area contributed by atoms with Gasteiger partial charge in [-0.2, -0.15) is 0 Å². The third-order valence-corrected chi connectivity index (χ3v) is 6.84. The standard InChI is InChI=1S/C18H16N9O3P/c28-16(13-1-7-19-8-2-13)22-25-31(26-23-17(29-31)14-3-9-20-10-4-14)27-24-18(30-31)15-5-11-21-12-6-15/h1-12,25-27H,(H,22,28). The second-order valence-electron chi connectivity index (χ2n) is 6.45. The number of hydrogen-bond acceptors (Lipinski definition) is 11. The van der Waals surface area contributed by atoms with Crippen molar-refractivity contribution < 1.29 is 13.8 Å². The number of hydrazone groups is 2. The zero-order valence-electron chi connectivity index (χ0n) is 15.8. The molecule has 0 atom stereocenters. The van der Waals surface area contributed by atoms with Crippen LogP contribution in [0.5, 0.6) is 0 Å². The van der Waals surface area contributed by atoms with Crippen LogP contribution in [0.1, 0.15) is 21.5 Å². The van der Waals surface area contributed by atoms with Crippen LogP contribution < -0.4 is 21.0 Å². The summed E-state index contributed by atoms with van der Waals surface area (Å²) in [7, 11) is -4.25. The molecule has 156 valence electrons. The van der Waals surface area contributed by atoms with Gasteiger partial charge >= 0.3 is 175 Å². The van der Waals surface area contributed by atoms with Crippen LogP contribution in [0.25, 0.3) is 0 Å².